The van der Waals surface area contributed by atoms with Gasteiger partial charge in [-0.1, -0.05) is 45.4 Å². The lowest BCUT2D eigenvalue weighted by atomic mass is 9.43. The summed E-state index contributed by atoms with van der Waals surface area (Å²) in [6.07, 6.45) is 8.21. The van der Waals surface area contributed by atoms with Gasteiger partial charge in [-0.25, -0.2) is 0 Å². The minimum atomic E-state index is -1.22. The van der Waals surface area contributed by atoms with Crippen LogP contribution in [0.2, 0.25) is 0 Å². The fourth-order valence-corrected chi connectivity index (χ4v) is 9.39. The summed E-state index contributed by atoms with van der Waals surface area (Å²) >= 11 is 0. The van der Waals surface area contributed by atoms with Gasteiger partial charge < -0.3 is 19.3 Å². The number of hydrogen-bond donors (Lipinski definition) is 1. The molecular formula is C34H52O7. The van der Waals surface area contributed by atoms with E-state index in [1.54, 1.807) is 0 Å². The topological polar surface area (TPSA) is 99.1 Å². The lowest BCUT2D eigenvalue weighted by molar-refractivity contribution is -0.233. The molecule has 1 N–H and O–H groups in total. The molecule has 7 heteroatoms. The van der Waals surface area contributed by atoms with Crippen molar-refractivity contribution in [1.29, 1.82) is 0 Å². The SMILES string of the molecule is C=C(CC[C@@H](C)[C@H]1CC[C@H]2[C@@H]3[C@@H](OC(C)=O)C=C4C[C@@H](OC(C)=O)CC[C@]4(COC(C)=O)[C@@]3(O)CC[C@]12C)C(C)C. The van der Waals surface area contributed by atoms with Crippen LogP contribution in [0.15, 0.2) is 23.8 Å². The minimum absolute atomic E-state index is 0.00319. The van der Waals surface area contributed by atoms with Crippen molar-refractivity contribution in [2.75, 3.05) is 6.61 Å². The van der Waals surface area contributed by atoms with Crippen molar-refractivity contribution in [1.82, 2.24) is 0 Å². The van der Waals surface area contributed by atoms with Gasteiger partial charge in [0.25, 0.3) is 0 Å². The maximum Gasteiger partial charge on any atom is 0.303 e. The second kappa shape index (κ2) is 11.9. The third kappa shape index (κ3) is 5.77. The van der Waals surface area contributed by atoms with Crippen molar-refractivity contribution in [3.8, 4) is 0 Å². The Kier molecular flexibility index (Phi) is 9.19. The Morgan fingerprint density at radius 2 is 1.68 bits per heavy atom. The summed E-state index contributed by atoms with van der Waals surface area (Å²) in [5.41, 5.74) is 0.140. The zero-order valence-corrected chi connectivity index (χ0v) is 26.3. The quantitative estimate of drug-likeness (QED) is 0.196. The molecule has 9 atom stereocenters. The standard InChI is InChI=1S/C34H52O7/c1-20(2)21(3)9-10-22(4)28-11-12-29-31-30(41-25(7)37)18-26-17-27(40-24(6)36)13-14-33(26,19-39-23(5)35)34(31,38)16-15-32(28,29)8/h18,20,22,27-31,38H,3,9-17,19H2,1-2,4-8H3/t22-,27+,28-,29+,30+,31-,32-,33-,34-/m1/s1. The summed E-state index contributed by atoms with van der Waals surface area (Å²) in [4.78, 5) is 36.3. The van der Waals surface area contributed by atoms with Crippen LogP contribution in [0, 0.1) is 40.4 Å². The molecule has 0 aromatic carbocycles. The molecule has 41 heavy (non-hydrogen) atoms. The molecule has 7 nitrogen and oxygen atoms in total. The molecule has 0 amide bonds. The van der Waals surface area contributed by atoms with E-state index < -0.39 is 17.1 Å². The summed E-state index contributed by atoms with van der Waals surface area (Å²) in [6, 6.07) is 0. The average Bonchev–Trinajstić information content (AvgIpc) is 3.22. The van der Waals surface area contributed by atoms with Crippen molar-refractivity contribution >= 4 is 17.9 Å². The van der Waals surface area contributed by atoms with Gasteiger partial charge in [0, 0.05) is 33.1 Å². The van der Waals surface area contributed by atoms with Gasteiger partial charge in [0.05, 0.1) is 11.0 Å². The highest BCUT2D eigenvalue weighted by Crippen LogP contribution is 2.69. The molecule has 230 valence electrons. The molecule has 4 rings (SSSR count). The molecule has 0 heterocycles. The van der Waals surface area contributed by atoms with Crippen LogP contribution >= 0.6 is 0 Å². The van der Waals surface area contributed by atoms with E-state index in [0.717, 1.165) is 37.7 Å². The van der Waals surface area contributed by atoms with E-state index in [4.69, 9.17) is 14.2 Å². The number of hydrogen-bond acceptors (Lipinski definition) is 7. The van der Waals surface area contributed by atoms with Gasteiger partial charge in [-0.05, 0) is 86.5 Å². The van der Waals surface area contributed by atoms with E-state index in [2.05, 4.69) is 34.3 Å². The number of aliphatic hydroxyl groups is 1. The van der Waals surface area contributed by atoms with Crippen LogP contribution in [0.4, 0.5) is 0 Å². The maximum absolute atomic E-state index is 13.0. The summed E-state index contributed by atoms with van der Waals surface area (Å²) in [7, 11) is 0. The summed E-state index contributed by atoms with van der Waals surface area (Å²) in [5, 5.41) is 13.0. The smallest absolute Gasteiger partial charge is 0.303 e. The van der Waals surface area contributed by atoms with Crippen LogP contribution in [0.1, 0.15) is 106 Å². The molecule has 4 aliphatic rings. The Morgan fingerprint density at radius 1 is 1.00 bits per heavy atom. The Hall–Kier alpha value is -2.15. The first kappa shape index (κ1) is 31.8. The van der Waals surface area contributed by atoms with Crippen molar-refractivity contribution in [2.45, 2.75) is 124 Å². The van der Waals surface area contributed by atoms with Gasteiger partial charge in [0.1, 0.15) is 18.8 Å². The second-order valence-electron chi connectivity index (χ2n) is 14.2. The summed E-state index contributed by atoms with van der Waals surface area (Å²) < 4.78 is 17.3. The third-order valence-electron chi connectivity index (χ3n) is 11.6. The Balaban J connectivity index is 1.73. The van der Waals surface area contributed by atoms with Gasteiger partial charge in [0.2, 0.25) is 0 Å². The monoisotopic (exact) mass is 572 g/mol. The number of carbonyl (C=O) groups excluding carboxylic acids is 3. The van der Waals surface area contributed by atoms with Gasteiger partial charge in [-0.15, -0.1) is 0 Å². The molecule has 0 aromatic heterocycles. The molecule has 0 aromatic rings. The minimum Gasteiger partial charge on any atom is -0.465 e. The van der Waals surface area contributed by atoms with Crippen LogP contribution in [0.3, 0.4) is 0 Å². The van der Waals surface area contributed by atoms with Gasteiger partial charge in [-0.3, -0.25) is 14.4 Å². The van der Waals surface area contributed by atoms with Crippen LogP contribution in [-0.4, -0.2) is 47.4 Å². The van der Waals surface area contributed by atoms with Gasteiger partial charge in [0.15, 0.2) is 0 Å². The average molecular weight is 573 g/mol. The number of ether oxygens (including phenoxy) is 3. The maximum atomic E-state index is 13.0. The largest absolute Gasteiger partial charge is 0.465 e. The van der Waals surface area contributed by atoms with Crippen molar-refractivity contribution in [2.24, 2.45) is 40.4 Å². The van der Waals surface area contributed by atoms with Crippen molar-refractivity contribution in [3.63, 3.8) is 0 Å². The molecule has 0 aliphatic heterocycles. The highest BCUT2D eigenvalue weighted by molar-refractivity contribution is 5.67. The summed E-state index contributed by atoms with van der Waals surface area (Å²) in [6.45, 7) is 17.7. The molecule has 0 radical (unpaired) electrons. The van der Waals surface area contributed by atoms with E-state index in [1.807, 2.05) is 6.08 Å². The van der Waals surface area contributed by atoms with E-state index in [9.17, 15) is 19.5 Å². The highest BCUT2D eigenvalue weighted by Gasteiger charge is 2.70. The van der Waals surface area contributed by atoms with Crippen LogP contribution in [-0.2, 0) is 28.6 Å². The second-order valence-corrected chi connectivity index (χ2v) is 14.2. The lowest BCUT2D eigenvalue weighted by Gasteiger charge is -2.64. The molecule has 0 spiro atoms. The Labute approximate surface area is 246 Å². The zero-order chi connectivity index (χ0) is 30.3. The predicted octanol–water partition coefficient (Wildman–Crippen LogP) is 6.33. The Bertz CT molecular complexity index is 1080. The molecule has 3 fully saturated rings. The zero-order valence-electron chi connectivity index (χ0n) is 26.3. The van der Waals surface area contributed by atoms with Gasteiger partial charge >= 0.3 is 17.9 Å². The highest BCUT2D eigenvalue weighted by atomic mass is 16.6. The van der Waals surface area contributed by atoms with Crippen LogP contribution < -0.4 is 0 Å². The first-order chi connectivity index (χ1) is 19.1. The van der Waals surface area contributed by atoms with E-state index in [1.165, 1.54) is 26.3 Å². The van der Waals surface area contributed by atoms with Crippen LogP contribution in [0.5, 0.6) is 0 Å². The molecule has 0 unspecified atom stereocenters. The fraction of sp³-hybridized carbons (Fsp3) is 0.794. The number of fused-ring (bicyclic) bond motifs is 5. The summed E-state index contributed by atoms with van der Waals surface area (Å²) in [5.74, 6) is 0.242. The van der Waals surface area contributed by atoms with Crippen molar-refractivity contribution in [3.05, 3.63) is 23.8 Å². The van der Waals surface area contributed by atoms with Crippen LogP contribution in [0.25, 0.3) is 0 Å². The lowest BCUT2D eigenvalue weighted by Crippen LogP contribution is -2.68. The van der Waals surface area contributed by atoms with E-state index >= 15 is 0 Å². The van der Waals surface area contributed by atoms with Crippen molar-refractivity contribution < 1.29 is 33.7 Å². The molecular weight excluding hydrogens is 520 g/mol. The molecule has 4 aliphatic carbocycles. The molecule has 0 bridgehead atoms. The first-order valence-corrected chi connectivity index (χ1v) is 15.7. The normalized spacial score (nSPS) is 38.6. The number of allylic oxidation sites excluding steroid dienone is 1. The van der Waals surface area contributed by atoms with E-state index in [-0.39, 0.29) is 47.9 Å². The van der Waals surface area contributed by atoms with Gasteiger partial charge in [-0.2, -0.15) is 0 Å². The number of carbonyl (C=O) groups is 3. The fourth-order valence-electron chi connectivity index (χ4n) is 9.39. The molecule has 3 saturated carbocycles. The molecule has 0 saturated heterocycles. The Morgan fingerprint density at radius 3 is 2.29 bits per heavy atom. The number of esters is 3. The first-order valence-electron chi connectivity index (χ1n) is 15.7. The predicted molar refractivity (Wildman–Crippen MR) is 156 cm³/mol. The van der Waals surface area contributed by atoms with E-state index in [0.29, 0.717) is 43.4 Å². The third-order valence-corrected chi connectivity index (χ3v) is 11.6. The number of rotatable bonds is 9.